The Hall–Kier alpha value is -1.41. The van der Waals surface area contributed by atoms with Gasteiger partial charge in [-0.2, -0.15) is 4.31 Å². The summed E-state index contributed by atoms with van der Waals surface area (Å²) >= 11 is 0. The Morgan fingerprint density at radius 3 is 2.45 bits per heavy atom. The smallest absolute Gasteiger partial charge is 0.260 e. The van der Waals surface area contributed by atoms with Crippen LogP contribution in [0.5, 0.6) is 0 Å². The van der Waals surface area contributed by atoms with Crippen molar-refractivity contribution in [2.45, 2.75) is 24.8 Å². The first-order valence-corrected chi connectivity index (χ1v) is 7.99. The van der Waals surface area contributed by atoms with Crippen LogP contribution in [0.1, 0.15) is 18.7 Å². The van der Waals surface area contributed by atoms with Crippen LogP contribution in [0, 0.1) is 12.8 Å². The third kappa shape index (κ3) is 2.85. The van der Waals surface area contributed by atoms with Crippen LogP contribution in [-0.4, -0.2) is 60.7 Å². The molecule has 7 nitrogen and oxygen atoms in total. The second kappa shape index (κ2) is 5.53. The fourth-order valence-electron chi connectivity index (χ4n) is 2.38. The summed E-state index contributed by atoms with van der Waals surface area (Å²) in [6.07, 6.45) is 2.45. The van der Waals surface area contributed by atoms with Crippen molar-refractivity contribution in [3.05, 3.63) is 12.0 Å². The van der Waals surface area contributed by atoms with Crippen molar-refractivity contribution in [3.63, 3.8) is 0 Å². The summed E-state index contributed by atoms with van der Waals surface area (Å²) in [5.41, 5.74) is 0. The molecule has 1 fully saturated rings. The van der Waals surface area contributed by atoms with E-state index in [2.05, 4.69) is 9.97 Å². The first-order valence-electron chi connectivity index (χ1n) is 6.55. The maximum Gasteiger partial charge on any atom is 0.260 e. The highest BCUT2D eigenvalue weighted by Gasteiger charge is 2.33. The molecule has 0 aliphatic carbocycles. The topological polar surface area (TPSA) is 86.4 Å². The van der Waals surface area contributed by atoms with Crippen LogP contribution in [0.15, 0.2) is 11.2 Å². The molecule has 20 heavy (non-hydrogen) atoms. The van der Waals surface area contributed by atoms with E-state index in [0.29, 0.717) is 31.8 Å². The number of imidazole rings is 1. The number of carbonyl (C=O) groups is 1. The van der Waals surface area contributed by atoms with Gasteiger partial charge in [0.2, 0.25) is 5.91 Å². The molecular weight excluding hydrogens is 280 g/mol. The van der Waals surface area contributed by atoms with Gasteiger partial charge in [0.1, 0.15) is 5.82 Å². The fourth-order valence-corrected chi connectivity index (χ4v) is 3.81. The van der Waals surface area contributed by atoms with Gasteiger partial charge in [-0.15, -0.1) is 0 Å². The van der Waals surface area contributed by atoms with Gasteiger partial charge in [0.15, 0.2) is 5.03 Å². The van der Waals surface area contributed by atoms with Crippen molar-refractivity contribution in [1.82, 2.24) is 19.2 Å². The van der Waals surface area contributed by atoms with Crippen molar-refractivity contribution in [2.24, 2.45) is 5.92 Å². The van der Waals surface area contributed by atoms with Crippen molar-refractivity contribution < 1.29 is 13.2 Å². The minimum Gasteiger partial charge on any atom is -0.349 e. The molecule has 2 rings (SSSR count). The minimum absolute atomic E-state index is 0.0689. The Bertz CT molecular complexity index is 586. The van der Waals surface area contributed by atoms with E-state index in [9.17, 15) is 13.2 Å². The number of H-pyrrole nitrogens is 1. The number of sulfonamides is 1. The second-order valence-electron chi connectivity index (χ2n) is 5.24. The number of amides is 1. The number of carbonyl (C=O) groups excluding carboxylic acids is 1. The molecule has 0 unspecified atom stereocenters. The molecule has 0 aromatic carbocycles. The average Bonchev–Trinajstić information content (AvgIpc) is 2.85. The zero-order valence-corrected chi connectivity index (χ0v) is 12.8. The lowest BCUT2D eigenvalue weighted by Crippen LogP contribution is -2.42. The van der Waals surface area contributed by atoms with Gasteiger partial charge in [0.25, 0.3) is 10.0 Å². The molecular formula is C12H20N4O3S. The Morgan fingerprint density at radius 1 is 1.40 bits per heavy atom. The molecule has 1 aliphatic rings. The van der Waals surface area contributed by atoms with E-state index < -0.39 is 10.0 Å². The van der Waals surface area contributed by atoms with Crippen molar-refractivity contribution in [2.75, 3.05) is 27.2 Å². The van der Waals surface area contributed by atoms with Gasteiger partial charge < -0.3 is 9.88 Å². The Labute approximate surface area is 119 Å². The lowest BCUT2D eigenvalue weighted by atomic mass is 9.97. The second-order valence-corrected chi connectivity index (χ2v) is 7.15. The molecule has 0 atom stereocenters. The van der Waals surface area contributed by atoms with Crippen molar-refractivity contribution in [3.8, 4) is 0 Å². The van der Waals surface area contributed by atoms with Gasteiger partial charge in [-0.05, 0) is 19.8 Å². The molecule has 1 aromatic rings. The molecule has 8 heteroatoms. The van der Waals surface area contributed by atoms with Crippen LogP contribution in [0.2, 0.25) is 0 Å². The number of hydrogen-bond acceptors (Lipinski definition) is 4. The van der Waals surface area contributed by atoms with Crippen LogP contribution in [0.4, 0.5) is 0 Å². The van der Waals surface area contributed by atoms with Crippen LogP contribution in [-0.2, 0) is 14.8 Å². The maximum atomic E-state index is 12.4. The zero-order valence-electron chi connectivity index (χ0n) is 12.0. The van der Waals surface area contributed by atoms with Crippen LogP contribution in [0.3, 0.4) is 0 Å². The SMILES string of the molecule is Cc1ncc(S(=O)(=O)N2CCC(C(=O)N(C)C)CC2)[nH]1. The van der Waals surface area contributed by atoms with Crippen LogP contribution < -0.4 is 0 Å². The van der Waals surface area contributed by atoms with E-state index in [1.54, 1.807) is 25.9 Å². The summed E-state index contributed by atoms with van der Waals surface area (Å²) in [6.45, 7) is 2.44. The van der Waals surface area contributed by atoms with Gasteiger partial charge in [0.05, 0.1) is 6.20 Å². The summed E-state index contributed by atoms with van der Waals surface area (Å²) < 4.78 is 26.2. The highest BCUT2D eigenvalue weighted by atomic mass is 32.2. The summed E-state index contributed by atoms with van der Waals surface area (Å²) in [7, 11) is -0.0781. The number of piperidine rings is 1. The van der Waals surface area contributed by atoms with Gasteiger partial charge in [0, 0.05) is 33.1 Å². The molecule has 1 aliphatic heterocycles. The lowest BCUT2D eigenvalue weighted by Gasteiger charge is -2.31. The van der Waals surface area contributed by atoms with E-state index in [1.165, 1.54) is 10.5 Å². The monoisotopic (exact) mass is 300 g/mol. The standard InChI is InChI=1S/C12H20N4O3S/c1-9-13-8-11(14-9)20(18,19)16-6-4-10(5-7-16)12(17)15(2)3/h8,10H,4-7H2,1-3H3,(H,13,14). The number of nitrogens with one attached hydrogen (secondary N) is 1. The Balaban J connectivity index is 2.05. The van der Waals surface area contributed by atoms with Crippen LogP contribution in [0.25, 0.3) is 0 Å². The van der Waals surface area contributed by atoms with Gasteiger partial charge in [-0.25, -0.2) is 13.4 Å². The lowest BCUT2D eigenvalue weighted by molar-refractivity contribution is -0.134. The third-order valence-corrected chi connectivity index (χ3v) is 5.35. The van der Waals surface area contributed by atoms with E-state index in [4.69, 9.17) is 0 Å². The summed E-state index contributed by atoms with van der Waals surface area (Å²) in [5, 5.41) is 0.118. The molecule has 0 saturated carbocycles. The van der Waals surface area contributed by atoms with Gasteiger partial charge >= 0.3 is 0 Å². The summed E-state index contributed by atoms with van der Waals surface area (Å²) in [6, 6.07) is 0. The highest BCUT2D eigenvalue weighted by Crippen LogP contribution is 2.23. The maximum absolute atomic E-state index is 12.4. The number of aromatic amines is 1. The molecule has 1 N–H and O–H groups in total. The van der Waals surface area contributed by atoms with Crippen molar-refractivity contribution >= 4 is 15.9 Å². The average molecular weight is 300 g/mol. The van der Waals surface area contributed by atoms with E-state index in [0.717, 1.165) is 0 Å². The van der Waals surface area contributed by atoms with Crippen molar-refractivity contribution in [1.29, 1.82) is 0 Å². The molecule has 112 valence electrons. The normalized spacial score (nSPS) is 18.1. The molecule has 1 aromatic heterocycles. The largest absolute Gasteiger partial charge is 0.349 e. The fraction of sp³-hybridized carbons (Fsp3) is 0.667. The zero-order chi connectivity index (χ0) is 14.9. The summed E-state index contributed by atoms with van der Waals surface area (Å²) in [5.74, 6) is 0.556. The first kappa shape index (κ1) is 15.0. The quantitative estimate of drug-likeness (QED) is 0.864. The van der Waals surface area contributed by atoms with Gasteiger partial charge in [-0.1, -0.05) is 0 Å². The Kier molecular flexibility index (Phi) is 4.14. The Morgan fingerprint density at radius 2 is 2.00 bits per heavy atom. The number of rotatable bonds is 3. The first-order chi connectivity index (χ1) is 9.32. The predicted octanol–water partition coefficient (Wildman–Crippen LogP) is 0.207. The molecule has 0 bridgehead atoms. The van der Waals surface area contributed by atoms with Gasteiger partial charge in [-0.3, -0.25) is 4.79 Å². The third-order valence-electron chi connectivity index (χ3n) is 3.54. The molecule has 1 saturated heterocycles. The van der Waals surface area contributed by atoms with Crippen LogP contribution >= 0.6 is 0 Å². The van der Waals surface area contributed by atoms with E-state index in [1.807, 2.05) is 0 Å². The highest BCUT2D eigenvalue weighted by molar-refractivity contribution is 7.89. The number of hydrogen-bond donors (Lipinski definition) is 1. The number of aryl methyl sites for hydroxylation is 1. The molecule has 0 spiro atoms. The minimum atomic E-state index is -3.52. The number of aromatic nitrogens is 2. The van der Waals surface area contributed by atoms with E-state index in [-0.39, 0.29) is 16.9 Å². The summed E-state index contributed by atoms with van der Waals surface area (Å²) in [4.78, 5) is 20.1. The number of nitrogens with zero attached hydrogens (tertiary/aromatic N) is 3. The van der Waals surface area contributed by atoms with E-state index >= 15 is 0 Å². The molecule has 0 radical (unpaired) electrons. The molecule has 1 amide bonds. The predicted molar refractivity (Wildman–Crippen MR) is 73.5 cm³/mol. The molecule has 2 heterocycles.